The molecule has 1 aliphatic rings. The van der Waals surface area contributed by atoms with Gasteiger partial charge in [0.1, 0.15) is 5.75 Å². The molecule has 5 heteroatoms. The van der Waals surface area contributed by atoms with E-state index in [2.05, 4.69) is 16.8 Å². The Morgan fingerprint density at radius 2 is 2.30 bits per heavy atom. The summed E-state index contributed by atoms with van der Waals surface area (Å²) in [6.07, 6.45) is 2.38. The Hall–Kier alpha value is -1.75. The van der Waals surface area contributed by atoms with E-state index in [-0.39, 0.29) is 5.69 Å². The zero-order chi connectivity index (χ0) is 14.1. The van der Waals surface area contributed by atoms with E-state index < -0.39 is 0 Å². The number of benzene rings is 1. The van der Waals surface area contributed by atoms with Gasteiger partial charge in [0.25, 0.3) is 0 Å². The minimum Gasteiger partial charge on any atom is -0.497 e. The van der Waals surface area contributed by atoms with Crippen LogP contribution in [0.5, 0.6) is 5.75 Å². The Labute approximate surface area is 118 Å². The molecule has 2 aromatic rings. The zero-order valence-electron chi connectivity index (χ0n) is 12.1. The van der Waals surface area contributed by atoms with Crippen molar-refractivity contribution in [1.82, 2.24) is 14.5 Å². The van der Waals surface area contributed by atoms with Crippen LogP contribution in [0, 0.1) is 0 Å². The normalized spacial score (nSPS) is 19.8. The van der Waals surface area contributed by atoms with Crippen LogP contribution in [0.2, 0.25) is 0 Å². The first kappa shape index (κ1) is 13.2. The Bertz CT molecular complexity index is 659. The number of nitrogens with one attached hydrogen (secondary N) is 1. The number of nitrogens with zero attached hydrogens (tertiary/aromatic N) is 2. The lowest BCUT2D eigenvalue weighted by atomic mass is 10.2. The van der Waals surface area contributed by atoms with Crippen molar-refractivity contribution in [2.75, 3.05) is 20.2 Å². The highest BCUT2D eigenvalue weighted by Gasteiger charge is 2.24. The Morgan fingerprint density at radius 1 is 1.45 bits per heavy atom. The number of hydrogen-bond acceptors (Lipinski definition) is 3. The molecular formula is C15H21N3O2. The number of H-pyrrole nitrogens is 1. The molecule has 0 bridgehead atoms. The fourth-order valence-electron chi connectivity index (χ4n) is 3.17. The number of methoxy groups -OCH3 is 1. The van der Waals surface area contributed by atoms with Gasteiger partial charge in [-0.15, -0.1) is 0 Å². The number of aromatic amines is 1. The highest BCUT2D eigenvalue weighted by atomic mass is 16.5. The minimum atomic E-state index is -0.0313. The molecule has 1 N–H and O–H groups in total. The summed E-state index contributed by atoms with van der Waals surface area (Å²) in [6.45, 7) is 5.12. The number of likely N-dealkylation sites (N-methyl/N-ethyl adjacent to an activating group) is 1. The van der Waals surface area contributed by atoms with Gasteiger partial charge < -0.3 is 9.72 Å². The smallest absolute Gasteiger partial charge is 0.326 e. The van der Waals surface area contributed by atoms with Gasteiger partial charge in [0.05, 0.1) is 18.1 Å². The van der Waals surface area contributed by atoms with Gasteiger partial charge >= 0.3 is 5.69 Å². The molecule has 3 rings (SSSR count). The molecule has 1 fully saturated rings. The predicted molar refractivity (Wildman–Crippen MR) is 79.4 cm³/mol. The lowest BCUT2D eigenvalue weighted by Gasteiger charge is -2.22. The number of fused-ring (bicyclic) bond motifs is 1. The van der Waals surface area contributed by atoms with Gasteiger partial charge in [-0.2, -0.15) is 0 Å². The second kappa shape index (κ2) is 5.32. The lowest BCUT2D eigenvalue weighted by Crippen LogP contribution is -2.35. The summed E-state index contributed by atoms with van der Waals surface area (Å²) in [7, 11) is 1.64. The van der Waals surface area contributed by atoms with Crippen molar-refractivity contribution >= 4 is 11.0 Å². The van der Waals surface area contributed by atoms with Crippen LogP contribution in [0.4, 0.5) is 0 Å². The predicted octanol–water partition coefficient (Wildman–Crippen LogP) is 1.82. The van der Waals surface area contributed by atoms with E-state index in [9.17, 15) is 4.79 Å². The van der Waals surface area contributed by atoms with Gasteiger partial charge in [-0.3, -0.25) is 9.47 Å². The molecule has 0 radical (unpaired) electrons. The SMILES string of the molecule is CCN1CCCC1Cn1c(=O)[nH]c2ccc(OC)cc21. The van der Waals surface area contributed by atoms with Crippen molar-refractivity contribution in [1.29, 1.82) is 0 Å². The van der Waals surface area contributed by atoms with E-state index in [0.29, 0.717) is 6.04 Å². The summed E-state index contributed by atoms with van der Waals surface area (Å²) < 4.78 is 7.10. The topological polar surface area (TPSA) is 50.3 Å². The largest absolute Gasteiger partial charge is 0.497 e. The Balaban J connectivity index is 1.97. The van der Waals surface area contributed by atoms with E-state index in [0.717, 1.165) is 42.8 Å². The average molecular weight is 275 g/mol. The maximum absolute atomic E-state index is 12.2. The molecule has 2 heterocycles. The van der Waals surface area contributed by atoms with Crippen LogP contribution >= 0.6 is 0 Å². The fraction of sp³-hybridized carbons (Fsp3) is 0.533. The minimum absolute atomic E-state index is 0.0313. The third-order valence-corrected chi connectivity index (χ3v) is 4.28. The maximum Gasteiger partial charge on any atom is 0.326 e. The van der Waals surface area contributed by atoms with Crippen molar-refractivity contribution < 1.29 is 4.74 Å². The molecule has 1 unspecified atom stereocenters. The van der Waals surface area contributed by atoms with Crippen molar-refractivity contribution in [2.45, 2.75) is 32.4 Å². The quantitative estimate of drug-likeness (QED) is 0.926. The van der Waals surface area contributed by atoms with Gasteiger partial charge in [0.15, 0.2) is 0 Å². The van der Waals surface area contributed by atoms with Crippen LogP contribution in [0.25, 0.3) is 11.0 Å². The fourth-order valence-corrected chi connectivity index (χ4v) is 3.17. The second-order valence-corrected chi connectivity index (χ2v) is 5.35. The van der Waals surface area contributed by atoms with Gasteiger partial charge in [0.2, 0.25) is 0 Å². The highest BCUT2D eigenvalue weighted by molar-refractivity contribution is 5.77. The van der Waals surface area contributed by atoms with E-state index >= 15 is 0 Å². The van der Waals surface area contributed by atoms with E-state index in [1.807, 2.05) is 22.8 Å². The molecule has 0 amide bonds. The summed E-state index contributed by atoms with van der Waals surface area (Å²) in [6, 6.07) is 6.16. The van der Waals surface area contributed by atoms with Crippen LogP contribution in [-0.4, -0.2) is 40.7 Å². The van der Waals surface area contributed by atoms with Crippen LogP contribution < -0.4 is 10.4 Å². The van der Waals surface area contributed by atoms with E-state index in [4.69, 9.17) is 4.74 Å². The van der Waals surface area contributed by atoms with Crippen LogP contribution in [0.3, 0.4) is 0 Å². The third kappa shape index (κ3) is 2.22. The number of aromatic nitrogens is 2. The van der Waals surface area contributed by atoms with Gasteiger partial charge in [-0.25, -0.2) is 4.79 Å². The third-order valence-electron chi connectivity index (χ3n) is 4.28. The Morgan fingerprint density at radius 3 is 3.05 bits per heavy atom. The molecule has 1 saturated heterocycles. The zero-order valence-corrected chi connectivity index (χ0v) is 12.1. The molecule has 0 saturated carbocycles. The summed E-state index contributed by atoms with van der Waals surface area (Å²) in [5, 5.41) is 0. The number of imidazole rings is 1. The molecule has 1 aromatic heterocycles. The van der Waals surface area contributed by atoms with Gasteiger partial charge in [-0.05, 0) is 38.1 Å². The number of ether oxygens (including phenoxy) is 1. The number of hydrogen-bond donors (Lipinski definition) is 1. The van der Waals surface area contributed by atoms with E-state index in [1.54, 1.807) is 7.11 Å². The van der Waals surface area contributed by atoms with Gasteiger partial charge in [-0.1, -0.05) is 6.92 Å². The van der Waals surface area contributed by atoms with Crippen LogP contribution in [0.1, 0.15) is 19.8 Å². The molecular weight excluding hydrogens is 254 g/mol. The summed E-state index contributed by atoms with van der Waals surface area (Å²) in [5.41, 5.74) is 1.77. The molecule has 1 atom stereocenters. The van der Waals surface area contributed by atoms with E-state index in [1.165, 1.54) is 6.42 Å². The standard InChI is InChI=1S/C15H21N3O2/c1-3-17-8-4-5-11(17)10-18-14-9-12(20-2)6-7-13(14)16-15(18)19/h6-7,9,11H,3-5,8,10H2,1-2H3,(H,16,19). The summed E-state index contributed by atoms with van der Waals surface area (Å²) in [4.78, 5) is 17.5. The molecule has 1 aliphatic heterocycles. The Kier molecular flexibility index (Phi) is 3.53. The molecule has 0 spiro atoms. The molecule has 20 heavy (non-hydrogen) atoms. The van der Waals surface area contributed by atoms with Gasteiger partial charge in [0, 0.05) is 18.7 Å². The number of rotatable bonds is 4. The molecule has 0 aliphatic carbocycles. The van der Waals surface area contributed by atoms with Crippen LogP contribution in [-0.2, 0) is 6.54 Å². The molecule has 108 valence electrons. The molecule has 5 nitrogen and oxygen atoms in total. The first-order valence-corrected chi connectivity index (χ1v) is 7.23. The van der Waals surface area contributed by atoms with Crippen molar-refractivity contribution in [3.05, 3.63) is 28.7 Å². The van der Waals surface area contributed by atoms with Crippen molar-refractivity contribution in [3.63, 3.8) is 0 Å². The highest BCUT2D eigenvalue weighted by Crippen LogP contribution is 2.22. The first-order chi connectivity index (χ1) is 9.72. The maximum atomic E-state index is 12.2. The second-order valence-electron chi connectivity index (χ2n) is 5.35. The van der Waals surface area contributed by atoms with Crippen LogP contribution in [0.15, 0.2) is 23.0 Å². The molecule has 1 aromatic carbocycles. The monoisotopic (exact) mass is 275 g/mol. The summed E-state index contributed by atoms with van der Waals surface area (Å²) >= 11 is 0. The number of likely N-dealkylation sites (tertiary alicyclic amines) is 1. The lowest BCUT2D eigenvalue weighted by molar-refractivity contribution is 0.244. The van der Waals surface area contributed by atoms with Crippen molar-refractivity contribution in [3.8, 4) is 5.75 Å². The average Bonchev–Trinajstić information content (AvgIpc) is 3.03. The first-order valence-electron chi connectivity index (χ1n) is 7.23. The summed E-state index contributed by atoms with van der Waals surface area (Å²) in [5.74, 6) is 0.781. The van der Waals surface area contributed by atoms with Crippen molar-refractivity contribution in [2.24, 2.45) is 0 Å².